The van der Waals surface area contributed by atoms with Crippen LogP contribution in [0.4, 0.5) is 0 Å². The molecule has 78 valence electrons. The summed E-state index contributed by atoms with van der Waals surface area (Å²) < 4.78 is 5.29. The molecule has 1 aromatic heterocycles. The molecule has 0 atom stereocenters. The molecule has 0 radical (unpaired) electrons. The van der Waals surface area contributed by atoms with Crippen LogP contribution in [0.1, 0.15) is 19.4 Å². The summed E-state index contributed by atoms with van der Waals surface area (Å²) in [6.07, 6.45) is 3.20. The lowest BCUT2D eigenvalue weighted by Crippen LogP contribution is -2.29. The van der Waals surface area contributed by atoms with Gasteiger partial charge in [0.05, 0.1) is 6.20 Å². The molecular formula is C12H14N2O. The molecule has 3 nitrogen and oxygen atoms in total. The van der Waals surface area contributed by atoms with Crippen LogP contribution in [0.15, 0.2) is 41.1 Å². The van der Waals surface area contributed by atoms with Gasteiger partial charge in [0.1, 0.15) is 6.26 Å². The number of rotatable bonds is 2. The van der Waals surface area contributed by atoms with E-state index in [4.69, 9.17) is 10.2 Å². The molecule has 2 aromatic rings. The predicted molar refractivity (Wildman–Crippen MR) is 59.2 cm³/mol. The van der Waals surface area contributed by atoms with Crippen LogP contribution in [0.3, 0.4) is 0 Å². The first-order valence-corrected chi connectivity index (χ1v) is 4.87. The first-order chi connectivity index (χ1) is 7.09. The van der Waals surface area contributed by atoms with E-state index in [1.54, 1.807) is 12.5 Å². The lowest BCUT2D eigenvalue weighted by molar-refractivity contribution is 0.543. The van der Waals surface area contributed by atoms with E-state index >= 15 is 0 Å². The maximum absolute atomic E-state index is 6.09. The van der Waals surface area contributed by atoms with Crippen LogP contribution >= 0.6 is 0 Å². The Morgan fingerprint density at radius 3 is 2.60 bits per heavy atom. The zero-order valence-electron chi connectivity index (χ0n) is 8.90. The van der Waals surface area contributed by atoms with E-state index in [2.05, 4.69) is 4.98 Å². The monoisotopic (exact) mass is 202 g/mol. The van der Waals surface area contributed by atoms with Gasteiger partial charge in [-0.15, -0.1) is 0 Å². The third kappa shape index (κ3) is 1.92. The van der Waals surface area contributed by atoms with Crippen LogP contribution in [0.5, 0.6) is 0 Å². The first kappa shape index (κ1) is 9.93. The summed E-state index contributed by atoms with van der Waals surface area (Å²) in [5.74, 6) is 0.615. The Morgan fingerprint density at radius 1 is 1.27 bits per heavy atom. The van der Waals surface area contributed by atoms with E-state index in [9.17, 15) is 0 Å². The molecule has 2 N–H and O–H groups in total. The van der Waals surface area contributed by atoms with Gasteiger partial charge in [0, 0.05) is 11.1 Å². The highest BCUT2D eigenvalue weighted by molar-refractivity contribution is 5.60. The molecule has 15 heavy (non-hydrogen) atoms. The number of benzene rings is 1. The van der Waals surface area contributed by atoms with Crippen molar-refractivity contribution in [1.29, 1.82) is 0 Å². The molecule has 0 aliphatic rings. The second-order valence-electron chi connectivity index (χ2n) is 4.10. The largest absolute Gasteiger partial charge is 0.445 e. The van der Waals surface area contributed by atoms with Gasteiger partial charge in [0.15, 0.2) is 0 Å². The van der Waals surface area contributed by atoms with Gasteiger partial charge in [0.25, 0.3) is 0 Å². The average Bonchev–Trinajstić information content (AvgIpc) is 2.69. The number of hydrogen-bond donors (Lipinski definition) is 1. The molecule has 0 bridgehead atoms. The van der Waals surface area contributed by atoms with Crippen molar-refractivity contribution < 1.29 is 4.42 Å². The smallest absolute Gasteiger partial charge is 0.226 e. The third-order valence-electron chi connectivity index (χ3n) is 2.28. The summed E-state index contributed by atoms with van der Waals surface area (Å²) in [5.41, 5.74) is 7.68. The molecule has 1 heterocycles. The number of nitrogens with two attached hydrogens (primary N) is 1. The van der Waals surface area contributed by atoms with Crippen LogP contribution in [-0.2, 0) is 5.54 Å². The molecule has 0 spiro atoms. The second-order valence-corrected chi connectivity index (χ2v) is 4.10. The average molecular weight is 202 g/mol. The first-order valence-electron chi connectivity index (χ1n) is 4.87. The number of hydrogen-bond acceptors (Lipinski definition) is 3. The molecule has 3 heteroatoms. The minimum atomic E-state index is -0.398. The van der Waals surface area contributed by atoms with Crippen LogP contribution < -0.4 is 5.73 Å². The fourth-order valence-corrected chi connectivity index (χ4v) is 1.59. The summed E-state index contributed by atoms with van der Waals surface area (Å²) in [7, 11) is 0. The molecule has 0 saturated carbocycles. The van der Waals surface area contributed by atoms with Crippen molar-refractivity contribution in [3.05, 3.63) is 42.3 Å². The minimum absolute atomic E-state index is 0.398. The summed E-state index contributed by atoms with van der Waals surface area (Å²) in [6, 6.07) is 7.89. The van der Waals surface area contributed by atoms with Gasteiger partial charge in [-0.3, -0.25) is 0 Å². The normalized spacial score (nSPS) is 11.7. The molecule has 1 aromatic carbocycles. The van der Waals surface area contributed by atoms with Crippen molar-refractivity contribution in [1.82, 2.24) is 4.98 Å². The zero-order valence-corrected chi connectivity index (χ0v) is 8.90. The Labute approximate surface area is 88.9 Å². The van der Waals surface area contributed by atoms with E-state index in [-0.39, 0.29) is 0 Å². The van der Waals surface area contributed by atoms with Crippen molar-refractivity contribution in [2.24, 2.45) is 5.73 Å². The Kier molecular flexibility index (Phi) is 2.32. The Balaban J connectivity index is 2.58. The zero-order chi connectivity index (χ0) is 10.9. The van der Waals surface area contributed by atoms with Crippen LogP contribution in [0.25, 0.3) is 11.5 Å². The summed E-state index contributed by atoms with van der Waals surface area (Å²) in [4.78, 5) is 4.14. The lowest BCUT2D eigenvalue weighted by atomic mass is 9.91. The highest BCUT2D eigenvalue weighted by atomic mass is 16.3. The highest BCUT2D eigenvalue weighted by Gasteiger charge is 2.20. The van der Waals surface area contributed by atoms with E-state index in [0.717, 1.165) is 11.1 Å². The van der Waals surface area contributed by atoms with Gasteiger partial charge in [-0.1, -0.05) is 18.2 Å². The number of oxazole rings is 1. The lowest BCUT2D eigenvalue weighted by Gasteiger charge is -2.21. The molecular weight excluding hydrogens is 188 g/mol. The standard InChI is InChI=1S/C12H14N2O/c1-12(2,13)10-6-4-3-5-9(10)11-14-7-8-15-11/h3-8H,13H2,1-2H3. The molecule has 0 amide bonds. The Bertz CT molecular complexity index is 441. The Hall–Kier alpha value is -1.61. The van der Waals surface area contributed by atoms with Gasteiger partial charge < -0.3 is 10.2 Å². The topological polar surface area (TPSA) is 52.0 Å². The van der Waals surface area contributed by atoms with Crippen molar-refractivity contribution in [3.8, 4) is 11.5 Å². The van der Waals surface area contributed by atoms with Crippen LogP contribution in [0.2, 0.25) is 0 Å². The predicted octanol–water partition coefficient (Wildman–Crippen LogP) is 2.54. The van der Waals surface area contributed by atoms with Gasteiger partial charge in [-0.05, 0) is 25.5 Å². The number of nitrogens with zero attached hydrogens (tertiary/aromatic N) is 1. The van der Waals surface area contributed by atoms with E-state index in [1.807, 2.05) is 38.1 Å². The summed E-state index contributed by atoms with van der Waals surface area (Å²) in [5, 5.41) is 0. The maximum atomic E-state index is 6.09. The van der Waals surface area contributed by atoms with Crippen LogP contribution in [0, 0.1) is 0 Å². The van der Waals surface area contributed by atoms with Crippen molar-refractivity contribution in [3.63, 3.8) is 0 Å². The van der Waals surface area contributed by atoms with Gasteiger partial charge >= 0.3 is 0 Å². The molecule has 0 unspecified atom stereocenters. The highest BCUT2D eigenvalue weighted by Crippen LogP contribution is 2.28. The van der Waals surface area contributed by atoms with Crippen molar-refractivity contribution in [2.75, 3.05) is 0 Å². The minimum Gasteiger partial charge on any atom is -0.445 e. The molecule has 0 saturated heterocycles. The second kappa shape index (κ2) is 3.51. The van der Waals surface area contributed by atoms with Gasteiger partial charge in [-0.2, -0.15) is 0 Å². The number of aromatic nitrogens is 1. The fraction of sp³-hybridized carbons (Fsp3) is 0.250. The van der Waals surface area contributed by atoms with Gasteiger partial charge in [-0.25, -0.2) is 4.98 Å². The van der Waals surface area contributed by atoms with E-state index in [0.29, 0.717) is 5.89 Å². The van der Waals surface area contributed by atoms with Crippen LogP contribution in [-0.4, -0.2) is 4.98 Å². The molecule has 0 aliphatic heterocycles. The van der Waals surface area contributed by atoms with E-state index < -0.39 is 5.54 Å². The third-order valence-corrected chi connectivity index (χ3v) is 2.28. The SMILES string of the molecule is CC(C)(N)c1ccccc1-c1ncco1. The fourth-order valence-electron chi connectivity index (χ4n) is 1.59. The maximum Gasteiger partial charge on any atom is 0.226 e. The van der Waals surface area contributed by atoms with Gasteiger partial charge in [0.2, 0.25) is 5.89 Å². The molecule has 2 rings (SSSR count). The van der Waals surface area contributed by atoms with Crippen molar-refractivity contribution in [2.45, 2.75) is 19.4 Å². The summed E-state index contributed by atoms with van der Waals surface area (Å²) in [6.45, 7) is 3.93. The summed E-state index contributed by atoms with van der Waals surface area (Å²) >= 11 is 0. The van der Waals surface area contributed by atoms with Crippen molar-refractivity contribution >= 4 is 0 Å². The Morgan fingerprint density at radius 2 is 2.00 bits per heavy atom. The quantitative estimate of drug-likeness (QED) is 0.814. The molecule has 0 fully saturated rings. The van der Waals surface area contributed by atoms with E-state index in [1.165, 1.54) is 0 Å². The molecule has 0 aliphatic carbocycles.